The minimum atomic E-state index is -0.400. The first-order valence-corrected chi connectivity index (χ1v) is 9.52. The number of rotatable bonds is 3. The third-order valence-corrected chi connectivity index (χ3v) is 5.22. The molecular weight excluding hydrogens is 412 g/mol. The van der Waals surface area contributed by atoms with Crippen molar-refractivity contribution in [3.05, 3.63) is 76.1 Å². The number of nitrogens with one attached hydrogen (secondary N) is 1. The maximum Gasteiger partial charge on any atom is 0.261 e. The zero-order valence-corrected chi connectivity index (χ0v) is 15.8. The van der Waals surface area contributed by atoms with Crippen LogP contribution in [0.4, 0.5) is 5.13 Å². The average molecular weight is 425 g/mol. The zero-order valence-electron chi connectivity index (χ0n) is 13.4. The van der Waals surface area contributed by atoms with Gasteiger partial charge in [0, 0.05) is 15.4 Å². The maximum absolute atomic E-state index is 12.4. The Bertz CT molecular complexity index is 1120. The first-order chi connectivity index (χ1) is 12.6. The molecule has 1 amide bonds. The fourth-order valence-corrected chi connectivity index (χ4v) is 3.74. The second kappa shape index (κ2) is 6.90. The van der Waals surface area contributed by atoms with Gasteiger partial charge in [0.25, 0.3) is 5.91 Å². The molecular formula is C20H13BrN2O2S. The summed E-state index contributed by atoms with van der Waals surface area (Å²) in [5.74, 6) is -0.472. The lowest BCUT2D eigenvalue weighted by Crippen LogP contribution is -2.11. The van der Waals surface area contributed by atoms with E-state index in [0.29, 0.717) is 5.13 Å². The number of nitrogens with zero attached hydrogens (tertiary/aromatic N) is 1. The number of phenolic OH excluding ortho intramolecular Hbond substituents is 1. The van der Waals surface area contributed by atoms with Gasteiger partial charge in [0.2, 0.25) is 0 Å². The first-order valence-electron chi connectivity index (χ1n) is 7.85. The van der Waals surface area contributed by atoms with Crippen molar-refractivity contribution >= 4 is 49.1 Å². The molecule has 0 saturated carbocycles. The van der Waals surface area contributed by atoms with E-state index in [4.69, 9.17) is 0 Å². The maximum atomic E-state index is 12.4. The number of carbonyl (C=O) groups excluding carboxylic acids is 1. The summed E-state index contributed by atoms with van der Waals surface area (Å²) in [4.78, 5) is 16.9. The predicted octanol–water partition coefficient (Wildman–Crippen LogP) is 5.68. The molecule has 0 aliphatic rings. The molecule has 4 aromatic rings. The number of carbonyl (C=O) groups is 1. The molecule has 0 bridgehead atoms. The van der Waals surface area contributed by atoms with E-state index in [2.05, 4.69) is 50.5 Å². The Morgan fingerprint density at radius 1 is 1.04 bits per heavy atom. The molecule has 3 aromatic carbocycles. The van der Waals surface area contributed by atoms with E-state index in [9.17, 15) is 9.90 Å². The Morgan fingerprint density at radius 3 is 2.69 bits per heavy atom. The molecule has 4 nitrogen and oxygen atoms in total. The lowest BCUT2D eigenvalue weighted by Gasteiger charge is -2.05. The monoisotopic (exact) mass is 424 g/mol. The van der Waals surface area contributed by atoms with Crippen LogP contribution in [0.1, 0.15) is 10.4 Å². The van der Waals surface area contributed by atoms with Gasteiger partial charge in [-0.2, -0.15) is 0 Å². The summed E-state index contributed by atoms with van der Waals surface area (Å²) >= 11 is 4.65. The Kier molecular flexibility index (Phi) is 4.44. The number of hydrogen-bond donors (Lipinski definition) is 2. The van der Waals surface area contributed by atoms with Crippen LogP contribution >= 0.6 is 27.3 Å². The molecule has 0 atom stereocenters. The third kappa shape index (κ3) is 3.34. The summed E-state index contributed by atoms with van der Waals surface area (Å²) in [6, 6.07) is 19.0. The van der Waals surface area contributed by atoms with Crippen molar-refractivity contribution < 1.29 is 9.90 Å². The highest BCUT2D eigenvalue weighted by atomic mass is 79.9. The van der Waals surface area contributed by atoms with E-state index in [1.165, 1.54) is 22.8 Å². The summed E-state index contributed by atoms with van der Waals surface area (Å²) in [7, 11) is 0. The SMILES string of the molecule is O=C(Nc1nc(-c2ccc3ccccc3c2)cs1)c1cc(Br)ccc1O. The van der Waals surface area contributed by atoms with Crippen LogP contribution in [0.5, 0.6) is 5.75 Å². The van der Waals surface area contributed by atoms with Crippen molar-refractivity contribution in [3.8, 4) is 17.0 Å². The molecule has 1 aromatic heterocycles. The van der Waals surface area contributed by atoms with Gasteiger partial charge in [-0.15, -0.1) is 11.3 Å². The normalized spacial score (nSPS) is 10.8. The first kappa shape index (κ1) is 16.8. The quantitative estimate of drug-likeness (QED) is 0.444. The summed E-state index contributed by atoms with van der Waals surface area (Å²) in [6.07, 6.45) is 0. The minimum Gasteiger partial charge on any atom is -0.507 e. The third-order valence-electron chi connectivity index (χ3n) is 3.97. The molecule has 2 N–H and O–H groups in total. The largest absolute Gasteiger partial charge is 0.507 e. The standard InChI is InChI=1S/C20H13BrN2O2S/c21-15-7-8-18(24)16(10-15)19(25)23-20-22-17(11-26-20)14-6-5-12-3-1-2-4-13(12)9-14/h1-11,24H,(H,22,23,25). The Labute approximate surface area is 162 Å². The molecule has 0 saturated heterocycles. The van der Waals surface area contributed by atoms with Gasteiger partial charge in [-0.05, 0) is 35.0 Å². The number of halogens is 1. The van der Waals surface area contributed by atoms with E-state index < -0.39 is 5.91 Å². The van der Waals surface area contributed by atoms with Crippen LogP contribution in [0.15, 0.2) is 70.5 Å². The zero-order chi connectivity index (χ0) is 18.1. The Balaban J connectivity index is 1.59. The van der Waals surface area contributed by atoms with E-state index in [-0.39, 0.29) is 11.3 Å². The van der Waals surface area contributed by atoms with E-state index in [1.807, 2.05) is 23.6 Å². The highest BCUT2D eigenvalue weighted by Crippen LogP contribution is 2.29. The van der Waals surface area contributed by atoms with Crippen LogP contribution in [0.25, 0.3) is 22.0 Å². The molecule has 0 unspecified atom stereocenters. The number of fused-ring (bicyclic) bond motifs is 1. The fraction of sp³-hybridized carbons (Fsp3) is 0. The second-order valence-electron chi connectivity index (χ2n) is 5.72. The highest BCUT2D eigenvalue weighted by molar-refractivity contribution is 9.10. The molecule has 1 heterocycles. The number of amides is 1. The fourth-order valence-electron chi connectivity index (χ4n) is 2.67. The molecule has 0 aliphatic carbocycles. The molecule has 4 rings (SSSR count). The molecule has 128 valence electrons. The Morgan fingerprint density at radius 2 is 1.85 bits per heavy atom. The van der Waals surface area contributed by atoms with E-state index in [1.54, 1.807) is 12.1 Å². The van der Waals surface area contributed by atoms with Gasteiger partial charge >= 0.3 is 0 Å². The second-order valence-corrected chi connectivity index (χ2v) is 7.49. The number of hydrogen-bond acceptors (Lipinski definition) is 4. The van der Waals surface area contributed by atoms with Gasteiger partial charge in [0.1, 0.15) is 5.75 Å². The van der Waals surface area contributed by atoms with Crippen LogP contribution in [0.2, 0.25) is 0 Å². The van der Waals surface area contributed by atoms with Crippen LogP contribution in [0, 0.1) is 0 Å². The molecule has 0 radical (unpaired) electrons. The van der Waals surface area contributed by atoms with E-state index in [0.717, 1.165) is 21.1 Å². The number of benzene rings is 3. The van der Waals surface area contributed by atoms with Crippen molar-refractivity contribution in [3.63, 3.8) is 0 Å². The summed E-state index contributed by atoms with van der Waals surface area (Å²) in [5, 5.41) is 17.3. The number of aromatic nitrogens is 1. The molecule has 0 aliphatic heterocycles. The van der Waals surface area contributed by atoms with Gasteiger partial charge < -0.3 is 5.11 Å². The van der Waals surface area contributed by atoms with Crippen LogP contribution in [-0.4, -0.2) is 16.0 Å². The smallest absolute Gasteiger partial charge is 0.261 e. The highest BCUT2D eigenvalue weighted by Gasteiger charge is 2.14. The molecule has 0 fully saturated rings. The lowest BCUT2D eigenvalue weighted by atomic mass is 10.1. The topological polar surface area (TPSA) is 62.2 Å². The van der Waals surface area contributed by atoms with Crippen LogP contribution < -0.4 is 5.32 Å². The molecule has 6 heteroatoms. The van der Waals surface area contributed by atoms with Crippen LogP contribution in [-0.2, 0) is 0 Å². The number of anilines is 1. The Hall–Kier alpha value is -2.70. The van der Waals surface area contributed by atoms with Gasteiger partial charge in [0.15, 0.2) is 5.13 Å². The van der Waals surface area contributed by atoms with Crippen molar-refractivity contribution in [2.45, 2.75) is 0 Å². The van der Waals surface area contributed by atoms with Gasteiger partial charge in [0.05, 0.1) is 11.3 Å². The lowest BCUT2D eigenvalue weighted by molar-refractivity contribution is 0.102. The van der Waals surface area contributed by atoms with Crippen molar-refractivity contribution in [2.75, 3.05) is 5.32 Å². The number of thiazole rings is 1. The molecule has 0 spiro atoms. The van der Waals surface area contributed by atoms with Gasteiger partial charge in [-0.25, -0.2) is 4.98 Å². The van der Waals surface area contributed by atoms with Crippen molar-refractivity contribution in [2.24, 2.45) is 0 Å². The van der Waals surface area contributed by atoms with Gasteiger partial charge in [-0.3, -0.25) is 10.1 Å². The van der Waals surface area contributed by atoms with Gasteiger partial charge in [-0.1, -0.05) is 52.3 Å². The van der Waals surface area contributed by atoms with Crippen LogP contribution in [0.3, 0.4) is 0 Å². The predicted molar refractivity (Wildman–Crippen MR) is 109 cm³/mol. The summed E-state index contributed by atoms with van der Waals surface area (Å²) < 4.78 is 0.719. The van der Waals surface area contributed by atoms with Crippen molar-refractivity contribution in [1.82, 2.24) is 4.98 Å². The van der Waals surface area contributed by atoms with Crippen molar-refractivity contribution in [1.29, 1.82) is 0 Å². The molecule has 26 heavy (non-hydrogen) atoms. The average Bonchev–Trinajstić information content (AvgIpc) is 3.11. The minimum absolute atomic E-state index is 0.0722. The summed E-state index contributed by atoms with van der Waals surface area (Å²) in [6.45, 7) is 0. The number of phenols is 1. The number of aromatic hydroxyl groups is 1. The van der Waals surface area contributed by atoms with E-state index >= 15 is 0 Å². The summed E-state index contributed by atoms with van der Waals surface area (Å²) in [5.41, 5.74) is 1.99.